The highest BCUT2D eigenvalue weighted by Crippen LogP contribution is 2.27. The Kier molecular flexibility index (Phi) is 4.52. The minimum atomic E-state index is -0.573. The first-order valence-corrected chi connectivity index (χ1v) is 6.30. The Hall–Kier alpha value is -1.62. The summed E-state index contributed by atoms with van der Waals surface area (Å²) < 4.78 is 0. The lowest BCUT2D eigenvalue weighted by molar-refractivity contribution is -0.384. The first kappa shape index (κ1) is 15.4. The predicted octanol–water partition coefficient (Wildman–Crippen LogP) is 3.51. The van der Waals surface area contributed by atoms with Gasteiger partial charge in [0.2, 0.25) is 0 Å². The minimum Gasteiger partial charge on any atom is -0.337 e. The van der Waals surface area contributed by atoms with E-state index in [0.29, 0.717) is 5.56 Å². The lowest BCUT2D eigenvalue weighted by atomic mass is 9.99. The fourth-order valence-electron chi connectivity index (χ4n) is 1.49. The number of rotatable bonds is 4. The number of nitrogens with zero attached hydrogens (tertiary/aromatic N) is 2. The summed E-state index contributed by atoms with van der Waals surface area (Å²) in [7, 11) is 1.71. The fourth-order valence-corrected chi connectivity index (χ4v) is 1.74. The molecule has 0 saturated heterocycles. The maximum absolute atomic E-state index is 12.3. The Morgan fingerprint density at radius 3 is 2.47 bits per heavy atom. The first-order valence-electron chi connectivity index (χ1n) is 5.92. The molecule has 0 aliphatic carbocycles. The van der Waals surface area contributed by atoms with Crippen LogP contribution in [0.25, 0.3) is 0 Å². The van der Waals surface area contributed by atoms with Gasteiger partial charge >= 0.3 is 0 Å². The monoisotopic (exact) mass is 284 g/mol. The quantitative estimate of drug-likeness (QED) is 0.628. The second-order valence-corrected chi connectivity index (χ2v) is 5.36. The standard InChI is InChI=1S/C13H17ClN2O3/c1-5-13(2,3)15(4)12(17)9-6-7-11(16(18)19)10(14)8-9/h6-8H,5H2,1-4H3. The van der Waals surface area contributed by atoms with Crippen molar-refractivity contribution in [2.45, 2.75) is 32.7 Å². The molecule has 1 aromatic rings. The largest absolute Gasteiger partial charge is 0.337 e. The van der Waals surface area contributed by atoms with E-state index in [9.17, 15) is 14.9 Å². The van der Waals surface area contributed by atoms with Crippen LogP contribution in [-0.2, 0) is 0 Å². The number of benzene rings is 1. The third kappa shape index (κ3) is 3.23. The Labute approximate surface area is 117 Å². The van der Waals surface area contributed by atoms with Gasteiger partial charge in [0.15, 0.2) is 0 Å². The van der Waals surface area contributed by atoms with Crippen molar-refractivity contribution in [1.29, 1.82) is 0 Å². The maximum atomic E-state index is 12.3. The number of hydrogen-bond donors (Lipinski definition) is 0. The number of hydrogen-bond acceptors (Lipinski definition) is 3. The van der Waals surface area contributed by atoms with Crippen LogP contribution < -0.4 is 0 Å². The summed E-state index contributed by atoms with van der Waals surface area (Å²) in [4.78, 5) is 24.0. The zero-order valence-electron chi connectivity index (χ0n) is 11.4. The van der Waals surface area contributed by atoms with Crippen molar-refractivity contribution in [3.8, 4) is 0 Å². The summed E-state index contributed by atoms with van der Waals surface area (Å²) in [6, 6.07) is 4.02. The van der Waals surface area contributed by atoms with Gasteiger partial charge < -0.3 is 4.90 Å². The van der Waals surface area contributed by atoms with E-state index in [0.717, 1.165) is 6.42 Å². The third-order valence-electron chi connectivity index (χ3n) is 3.47. The number of carbonyl (C=O) groups is 1. The van der Waals surface area contributed by atoms with Gasteiger partial charge in [-0.25, -0.2) is 0 Å². The number of halogens is 1. The van der Waals surface area contributed by atoms with Gasteiger partial charge in [0.1, 0.15) is 5.02 Å². The lowest BCUT2D eigenvalue weighted by Crippen LogP contribution is -2.44. The molecule has 0 N–H and O–H groups in total. The van der Waals surface area contributed by atoms with E-state index in [1.165, 1.54) is 18.2 Å². The van der Waals surface area contributed by atoms with Crippen molar-refractivity contribution >= 4 is 23.2 Å². The summed E-state index contributed by atoms with van der Waals surface area (Å²) in [6.45, 7) is 5.91. The highest BCUT2D eigenvalue weighted by atomic mass is 35.5. The van der Waals surface area contributed by atoms with Crippen LogP contribution in [0.15, 0.2) is 18.2 Å². The molecular formula is C13H17ClN2O3. The van der Waals surface area contributed by atoms with Gasteiger partial charge in [-0.1, -0.05) is 18.5 Å². The van der Waals surface area contributed by atoms with E-state index < -0.39 is 4.92 Å². The smallest absolute Gasteiger partial charge is 0.287 e. The summed E-state index contributed by atoms with van der Waals surface area (Å²) in [6.07, 6.45) is 0.802. The van der Waals surface area contributed by atoms with Gasteiger partial charge in [-0.05, 0) is 32.4 Å². The van der Waals surface area contributed by atoms with Crippen molar-refractivity contribution in [3.63, 3.8) is 0 Å². The molecule has 1 aromatic carbocycles. The summed E-state index contributed by atoms with van der Waals surface area (Å²) in [5, 5.41) is 10.6. The number of nitro benzene ring substituents is 1. The molecule has 6 heteroatoms. The molecule has 1 rings (SSSR count). The highest BCUT2D eigenvalue weighted by molar-refractivity contribution is 6.33. The van der Waals surface area contributed by atoms with Crippen molar-refractivity contribution < 1.29 is 9.72 Å². The van der Waals surface area contributed by atoms with Gasteiger partial charge in [0.05, 0.1) is 4.92 Å². The normalized spacial score (nSPS) is 11.2. The predicted molar refractivity (Wildman–Crippen MR) is 74.6 cm³/mol. The highest BCUT2D eigenvalue weighted by Gasteiger charge is 2.27. The molecular weight excluding hydrogens is 268 g/mol. The van der Waals surface area contributed by atoms with Gasteiger partial charge in [-0.15, -0.1) is 0 Å². The average Bonchev–Trinajstić information content (AvgIpc) is 2.36. The molecule has 5 nitrogen and oxygen atoms in total. The molecule has 1 amide bonds. The topological polar surface area (TPSA) is 63.5 Å². The molecule has 0 heterocycles. The number of amides is 1. The first-order chi connectivity index (χ1) is 8.70. The molecule has 0 aliphatic rings. The van der Waals surface area contributed by atoms with Gasteiger partial charge in [0.25, 0.3) is 11.6 Å². The number of carbonyl (C=O) groups excluding carboxylic acids is 1. The van der Waals surface area contributed by atoms with Crippen LogP contribution in [0.2, 0.25) is 5.02 Å². The Morgan fingerprint density at radius 1 is 1.47 bits per heavy atom. The van der Waals surface area contributed by atoms with Gasteiger partial charge in [-0.3, -0.25) is 14.9 Å². The van der Waals surface area contributed by atoms with Crippen LogP contribution >= 0.6 is 11.6 Å². The fraction of sp³-hybridized carbons (Fsp3) is 0.462. The summed E-state index contributed by atoms with van der Waals surface area (Å²) in [5.41, 5.74) is -0.138. The molecule has 0 atom stereocenters. The van der Waals surface area contributed by atoms with Crippen LogP contribution in [0.5, 0.6) is 0 Å². The second-order valence-electron chi connectivity index (χ2n) is 4.95. The van der Waals surface area contributed by atoms with Crippen LogP contribution in [0.3, 0.4) is 0 Å². The maximum Gasteiger partial charge on any atom is 0.287 e. The Bertz CT molecular complexity index is 515. The van der Waals surface area contributed by atoms with E-state index in [4.69, 9.17) is 11.6 Å². The molecule has 104 valence electrons. The van der Waals surface area contributed by atoms with Gasteiger partial charge in [0, 0.05) is 24.2 Å². The molecule has 0 bridgehead atoms. The second kappa shape index (κ2) is 5.57. The van der Waals surface area contributed by atoms with Gasteiger partial charge in [-0.2, -0.15) is 0 Å². The van der Waals surface area contributed by atoms with Crippen LogP contribution in [0.4, 0.5) is 5.69 Å². The van der Waals surface area contributed by atoms with Crippen molar-refractivity contribution in [3.05, 3.63) is 38.9 Å². The Morgan fingerprint density at radius 2 is 2.05 bits per heavy atom. The molecule has 0 unspecified atom stereocenters. The van der Waals surface area contributed by atoms with Crippen molar-refractivity contribution in [1.82, 2.24) is 4.90 Å². The average molecular weight is 285 g/mol. The van der Waals surface area contributed by atoms with E-state index in [2.05, 4.69) is 0 Å². The van der Waals surface area contributed by atoms with E-state index in [1.807, 2.05) is 20.8 Å². The minimum absolute atomic E-state index is 0.0291. The SMILES string of the molecule is CCC(C)(C)N(C)C(=O)c1ccc([N+](=O)[O-])c(Cl)c1. The molecule has 0 spiro atoms. The van der Waals surface area contributed by atoms with Crippen LogP contribution in [-0.4, -0.2) is 28.3 Å². The van der Waals surface area contributed by atoms with Crippen molar-refractivity contribution in [2.24, 2.45) is 0 Å². The Balaban J connectivity index is 3.08. The van der Waals surface area contributed by atoms with Crippen LogP contribution in [0.1, 0.15) is 37.6 Å². The molecule has 0 aromatic heterocycles. The van der Waals surface area contributed by atoms with E-state index >= 15 is 0 Å². The summed E-state index contributed by atoms with van der Waals surface area (Å²) >= 11 is 5.81. The lowest BCUT2D eigenvalue weighted by Gasteiger charge is -2.34. The van der Waals surface area contributed by atoms with Crippen LogP contribution in [0, 0.1) is 10.1 Å². The molecule has 0 aliphatic heterocycles. The molecule has 0 fully saturated rings. The summed E-state index contributed by atoms with van der Waals surface area (Å²) in [5.74, 6) is -0.205. The molecule has 0 radical (unpaired) electrons. The molecule has 19 heavy (non-hydrogen) atoms. The molecule has 0 saturated carbocycles. The zero-order valence-corrected chi connectivity index (χ0v) is 12.2. The van der Waals surface area contributed by atoms with Crippen molar-refractivity contribution in [2.75, 3.05) is 7.05 Å². The third-order valence-corrected chi connectivity index (χ3v) is 3.77. The van der Waals surface area contributed by atoms with E-state index in [-0.39, 0.29) is 22.2 Å². The zero-order chi connectivity index (χ0) is 14.8. The number of nitro groups is 1. The van der Waals surface area contributed by atoms with E-state index in [1.54, 1.807) is 11.9 Å².